The Morgan fingerprint density at radius 2 is 2.07 bits per heavy atom. The summed E-state index contributed by atoms with van der Waals surface area (Å²) in [6, 6.07) is 5.49. The van der Waals surface area contributed by atoms with Gasteiger partial charge in [-0.25, -0.2) is 0 Å². The number of aromatic nitrogens is 2. The minimum Gasteiger partial charge on any atom is -0.454 e. The molecule has 0 N–H and O–H groups in total. The fraction of sp³-hybridized carbons (Fsp3) is 0.300. The van der Waals surface area contributed by atoms with E-state index in [1.165, 1.54) is 16.9 Å². The number of hydrogen-bond donors (Lipinski definition) is 0. The molecule has 0 saturated carbocycles. The first-order valence-corrected chi connectivity index (χ1v) is 9.80. The van der Waals surface area contributed by atoms with Crippen molar-refractivity contribution in [3.05, 3.63) is 40.4 Å². The van der Waals surface area contributed by atoms with E-state index in [1.807, 2.05) is 36.1 Å². The van der Waals surface area contributed by atoms with Gasteiger partial charge in [0.25, 0.3) is 5.91 Å². The molecule has 7 nitrogen and oxygen atoms in total. The number of ether oxygens (including phenoxy) is 3. The summed E-state index contributed by atoms with van der Waals surface area (Å²) in [5.74, 6) is 2.01. The number of hydrogen-bond acceptors (Lipinski definition) is 6. The Balaban J connectivity index is 1.64. The summed E-state index contributed by atoms with van der Waals surface area (Å²) < 4.78 is 18.9. The van der Waals surface area contributed by atoms with E-state index in [2.05, 4.69) is 5.10 Å². The van der Waals surface area contributed by atoms with E-state index in [0.29, 0.717) is 22.3 Å². The first kappa shape index (κ1) is 17.1. The summed E-state index contributed by atoms with van der Waals surface area (Å²) in [5, 5.41) is 5.11. The molecule has 5 rings (SSSR count). The second kappa shape index (κ2) is 6.27. The third-order valence-electron chi connectivity index (χ3n) is 5.03. The average Bonchev–Trinajstić information content (AvgIpc) is 3.38. The summed E-state index contributed by atoms with van der Waals surface area (Å²) in [4.78, 5) is 15.1. The number of fused-ring (bicyclic) bond motifs is 4. The molecule has 1 aromatic carbocycles. The first-order chi connectivity index (χ1) is 13.5. The van der Waals surface area contributed by atoms with Crippen molar-refractivity contribution in [2.75, 3.05) is 20.9 Å². The molecule has 1 aliphatic carbocycles. The number of nitrogens with zero attached hydrogens (tertiary/aromatic N) is 3. The van der Waals surface area contributed by atoms with Gasteiger partial charge in [-0.05, 0) is 36.1 Å². The van der Waals surface area contributed by atoms with E-state index in [-0.39, 0.29) is 12.7 Å². The molecule has 0 radical (unpaired) electrons. The summed E-state index contributed by atoms with van der Waals surface area (Å²) in [6.45, 7) is 0.215. The SMILES string of the molecule is CN(C)C(=O)c1sc(Oc2ccc3c(c2)OCO3)c2c1CCc1cnn(C)c1-2. The predicted octanol–water partition coefficient (Wildman–Crippen LogP) is 3.47. The minimum atomic E-state index is -0.00703. The van der Waals surface area contributed by atoms with Crippen molar-refractivity contribution in [2.24, 2.45) is 7.05 Å². The third kappa shape index (κ3) is 2.56. The van der Waals surface area contributed by atoms with Crippen molar-refractivity contribution in [3.8, 4) is 33.6 Å². The number of carbonyl (C=O) groups is 1. The monoisotopic (exact) mass is 397 g/mol. The third-order valence-corrected chi connectivity index (χ3v) is 6.12. The van der Waals surface area contributed by atoms with Gasteiger partial charge >= 0.3 is 0 Å². The molecule has 2 aliphatic rings. The van der Waals surface area contributed by atoms with Gasteiger partial charge in [-0.1, -0.05) is 11.3 Å². The normalized spacial score (nSPS) is 13.8. The minimum absolute atomic E-state index is 0.00703. The summed E-state index contributed by atoms with van der Waals surface area (Å²) >= 11 is 1.39. The molecule has 144 valence electrons. The van der Waals surface area contributed by atoms with Crippen LogP contribution in [0.1, 0.15) is 20.8 Å². The lowest BCUT2D eigenvalue weighted by Crippen LogP contribution is -2.22. The number of thiophene rings is 1. The highest BCUT2D eigenvalue weighted by molar-refractivity contribution is 7.16. The summed E-state index contributed by atoms with van der Waals surface area (Å²) in [7, 11) is 5.46. The molecule has 8 heteroatoms. The van der Waals surface area contributed by atoms with E-state index in [4.69, 9.17) is 14.2 Å². The number of benzene rings is 1. The van der Waals surface area contributed by atoms with E-state index < -0.39 is 0 Å². The van der Waals surface area contributed by atoms with Crippen LogP contribution in [-0.4, -0.2) is 41.5 Å². The Hall–Kier alpha value is -3.00. The van der Waals surface area contributed by atoms with Crippen LogP contribution in [0, 0.1) is 0 Å². The first-order valence-electron chi connectivity index (χ1n) is 8.99. The van der Waals surface area contributed by atoms with Crippen LogP contribution < -0.4 is 14.2 Å². The van der Waals surface area contributed by atoms with Crippen LogP contribution in [0.25, 0.3) is 11.3 Å². The molecule has 0 fully saturated rings. The summed E-state index contributed by atoms with van der Waals surface area (Å²) in [6.07, 6.45) is 3.56. The van der Waals surface area contributed by atoms with Crippen LogP contribution in [0.2, 0.25) is 0 Å². The van der Waals surface area contributed by atoms with E-state index in [9.17, 15) is 4.79 Å². The maximum Gasteiger partial charge on any atom is 0.263 e. The lowest BCUT2D eigenvalue weighted by atomic mass is 9.91. The zero-order chi connectivity index (χ0) is 19.4. The van der Waals surface area contributed by atoms with E-state index in [1.54, 1.807) is 19.0 Å². The highest BCUT2D eigenvalue weighted by atomic mass is 32.1. The topological polar surface area (TPSA) is 65.8 Å². The molecule has 3 heterocycles. The molecule has 3 aromatic rings. The average molecular weight is 397 g/mol. The highest BCUT2D eigenvalue weighted by Crippen LogP contribution is 2.49. The van der Waals surface area contributed by atoms with Crippen molar-refractivity contribution < 1.29 is 19.0 Å². The Labute approximate surface area is 166 Å². The van der Waals surface area contributed by atoms with Crippen LogP contribution in [-0.2, 0) is 19.9 Å². The number of carbonyl (C=O) groups excluding carboxylic acids is 1. The standard InChI is InChI=1S/C20H19N3O4S/c1-22(2)19(24)18-13-6-4-11-9-21-23(3)17(11)16(13)20(28-18)27-12-5-7-14-15(8-12)26-10-25-14/h5,7-9H,4,6,10H2,1-3H3. The molecule has 1 amide bonds. The molecule has 0 saturated heterocycles. The van der Waals surface area contributed by atoms with Crippen LogP contribution in [0.4, 0.5) is 0 Å². The van der Waals surface area contributed by atoms with Crippen molar-refractivity contribution in [1.82, 2.24) is 14.7 Å². The quantitative estimate of drug-likeness (QED) is 0.677. The number of aryl methyl sites for hydroxylation is 2. The van der Waals surface area contributed by atoms with Gasteiger partial charge in [0, 0.05) is 27.2 Å². The molecule has 1 aliphatic heterocycles. The van der Waals surface area contributed by atoms with Crippen molar-refractivity contribution in [1.29, 1.82) is 0 Å². The largest absolute Gasteiger partial charge is 0.454 e. The molecular weight excluding hydrogens is 378 g/mol. The molecular formula is C20H19N3O4S. The van der Waals surface area contributed by atoms with Gasteiger partial charge in [0.15, 0.2) is 16.6 Å². The lowest BCUT2D eigenvalue weighted by molar-refractivity contribution is 0.0831. The van der Waals surface area contributed by atoms with Gasteiger partial charge in [-0.3, -0.25) is 9.48 Å². The van der Waals surface area contributed by atoms with Crippen LogP contribution >= 0.6 is 11.3 Å². The maximum atomic E-state index is 12.8. The van der Waals surface area contributed by atoms with Gasteiger partial charge in [0.2, 0.25) is 6.79 Å². The Morgan fingerprint density at radius 3 is 2.89 bits per heavy atom. The van der Waals surface area contributed by atoms with Gasteiger partial charge < -0.3 is 19.1 Å². The van der Waals surface area contributed by atoms with Crippen LogP contribution in [0.15, 0.2) is 24.4 Å². The van der Waals surface area contributed by atoms with Crippen LogP contribution in [0.5, 0.6) is 22.3 Å². The van der Waals surface area contributed by atoms with Crippen molar-refractivity contribution in [3.63, 3.8) is 0 Å². The zero-order valence-corrected chi connectivity index (χ0v) is 16.6. The van der Waals surface area contributed by atoms with Gasteiger partial charge in [-0.2, -0.15) is 5.10 Å². The Kier molecular flexibility index (Phi) is 3.83. The molecule has 0 unspecified atom stereocenters. The predicted molar refractivity (Wildman–Crippen MR) is 105 cm³/mol. The molecule has 2 aromatic heterocycles. The van der Waals surface area contributed by atoms with Crippen molar-refractivity contribution in [2.45, 2.75) is 12.8 Å². The summed E-state index contributed by atoms with van der Waals surface area (Å²) in [5.41, 5.74) is 4.20. The molecule has 0 atom stereocenters. The van der Waals surface area contributed by atoms with Crippen LogP contribution in [0.3, 0.4) is 0 Å². The Morgan fingerprint density at radius 1 is 1.25 bits per heavy atom. The second-order valence-corrected chi connectivity index (χ2v) is 8.01. The fourth-order valence-electron chi connectivity index (χ4n) is 3.66. The van der Waals surface area contributed by atoms with E-state index >= 15 is 0 Å². The zero-order valence-electron chi connectivity index (χ0n) is 15.8. The second-order valence-electron chi connectivity index (χ2n) is 7.03. The Bertz CT molecular complexity index is 1100. The lowest BCUT2D eigenvalue weighted by Gasteiger charge is -2.17. The van der Waals surface area contributed by atoms with Gasteiger partial charge in [0.1, 0.15) is 5.75 Å². The molecule has 0 bridgehead atoms. The smallest absolute Gasteiger partial charge is 0.263 e. The number of rotatable bonds is 3. The molecule has 0 spiro atoms. The van der Waals surface area contributed by atoms with E-state index in [0.717, 1.165) is 34.5 Å². The number of amides is 1. The maximum absolute atomic E-state index is 12.8. The van der Waals surface area contributed by atoms with Gasteiger partial charge in [0.05, 0.1) is 22.3 Å². The highest BCUT2D eigenvalue weighted by Gasteiger charge is 2.32. The van der Waals surface area contributed by atoms with Crippen molar-refractivity contribution >= 4 is 17.2 Å². The molecule has 28 heavy (non-hydrogen) atoms. The fourth-order valence-corrected chi connectivity index (χ4v) is 4.91. The van der Waals surface area contributed by atoms with Gasteiger partial charge in [-0.15, -0.1) is 0 Å².